The molecule has 1 unspecified atom stereocenters. The van der Waals surface area contributed by atoms with Gasteiger partial charge in [-0.1, -0.05) is 31.2 Å². The lowest BCUT2D eigenvalue weighted by Crippen LogP contribution is -2.46. The molecule has 2 N–H and O–H groups in total. The van der Waals surface area contributed by atoms with E-state index in [0.29, 0.717) is 6.54 Å². The number of amides is 2. The minimum atomic E-state index is -0.265. The molecule has 0 radical (unpaired) electrons. The summed E-state index contributed by atoms with van der Waals surface area (Å²) in [6.07, 6.45) is 0. The Kier molecular flexibility index (Phi) is 7.65. The van der Waals surface area contributed by atoms with Gasteiger partial charge >= 0.3 is 6.03 Å². The van der Waals surface area contributed by atoms with E-state index in [-0.39, 0.29) is 17.9 Å². The molecular formula is C23H32FN5O. The van der Waals surface area contributed by atoms with Crippen LogP contribution in [0.25, 0.3) is 0 Å². The van der Waals surface area contributed by atoms with E-state index in [1.807, 2.05) is 37.2 Å². The van der Waals surface area contributed by atoms with Crippen LogP contribution in [0.5, 0.6) is 0 Å². The third-order valence-electron chi connectivity index (χ3n) is 5.65. The molecule has 0 spiro atoms. The monoisotopic (exact) mass is 413 g/mol. The van der Waals surface area contributed by atoms with E-state index in [1.54, 1.807) is 12.1 Å². The molecule has 7 heteroatoms. The predicted octanol–water partition coefficient (Wildman–Crippen LogP) is 3.39. The highest BCUT2D eigenvalue weighted by molar-refractivity contribution is 5.93. The maximum Gasteiger partial charge on any atom is 0.319 e. The van der Waals surface area contributed by atoms with Gasteiger partial charge in [0, 0.05) is 32.7 Å². The van der Waals surface area contributed by atoms with Gasteiger partial charge in [0.25, 0.3) is 0 Å². The van der Waals surface area contributed by atoms with Crippen molar-refractivity contribution in [2.24, 2.45) is 0 Å². The zero-order chi connectivity index (χ0) is 21.5. The number of carbonyl (C=O) groups is 1. The van der Waals surface area contributed by atoms with E-state index in [1.165, 1.54) is 12.1 Å². The number of hydrogen-bond acceptors (Lipinski definition) is 4. The second-order valence-corrected chi connectivity index (χ2v) is 7.80. The normalized spacial score (nSPS) is 15.8. The highest BCUT2D eigenvalue weighted by Crippen LogP contribution is 2.26. The SMILES string of the molecule is CCN1CCN(c2ccccc2NC(=O)NCC(c2ccc(F)cc2)N(C)C)CC1. The minimum absolute atomic E-state index is 0.0475. The molecule has 3 rings (SSSR count). The Morgan fingerprint density at radius 2 is 1.73 bits per heavy atom. The van der Waals surface area contributed by atoms with E-state index >= 15 is 0 Å². The number of carbonyl (C=O) groups excluding carboxylic acids is 1. The summed E-state index contributed by atoms with van der Waals surface area (Å²) in [5, 5.41) is 5.96. The molecule has 1 heterocycles. The summed E-state index contributed by atoms with van der Waals surface area (Å²) in [5.74, 6) is -0.265. The zero-order valence-electron chi connectivity index (χ0n) is 18.1. The molecule has 1 aliphatic heterocycles. The Balaban J connectivity index is 1.61. The summed E-state index contributed by atoms with van der Waals surface area (Å²) in [5.41, 5.74) is 2.81. The van der Waals surface area contributed by atoms with Crippen LogP contribution in [0.4, 0.5) is 20.6 Å². The van der Waals surface area contributed by atoms with Gasteiger partial charge in [0.1, 0.15) is 5.82 Å². The Morgan fingerprint density at radius 1 is 1.07 bits per heavy atom. The summed E-state index contributed by atoms with van der Waals surface area (Å²) >= 11 is 0. The topological polar surface area (TPSA) is 50.9 Å². The Bertz CT molecular complexity index is 819. The number of benzene rings is 2. The summed E-state index contributed by atoms with van der Waals surface area (Å²) in [6.45, 7) is 7.61. The fraction of sp³-hybridized carbons (Fsp3) is 0.435. The van der Waals surface area contributed by atoms with Gasteiger partial charge in [0.15, 0.2) is 0 Å². The summed E-state index contributed by atoms with van der Waals surface area (Å²) in [4.78, 5) is 19.4. The van der Waals surface area contributed by atoms with Crippen molar-refractivity contribution in [2.45, 2.75) is 13.0 Å². The van der Waals surface area contributed by atoms with Crippen LogP contribution < -0.4 is 15.5 Å². The molecular weight excluding hydrogens is 381 g/mol. The lowest BCUT2D eigenvalue weighted by molar-refractivity contribution is 0.243. The van der Waals surface area contributed by atoms with Crippen molar-refractivity contribution >= 4 is 17.4 Å². The third kappa shape index (κ3) is 5.70. The van der Waals surface area contributed by atoms with Crippen molar-refractivity contribution in [2.75, 3.05) is 63.6 Å². The van der Waals surface area contributed by atoms with Crippen LogP contribution in [0.3, 0.4) is 0 Å². The third-order valence-corrected chi connectivity index (χ3v) is 5.65. The first-order chi connectivity index (χ1) is 14.5. The highest BCUT2D eigenvalue weighted by atomic mass is 19.1. The molecule has 0 bridgehead atoms. The molecule has 1 aliphatic rings. The first-order valence-corrected chi connectivity index (χ1v) is 10.5. The number of urea groups is 1. The second-order valence-electron chi connectivity index (χ2n) is 7.80. The number of rotatable bonds is 7. The molecule has 1 fully saturated rings. The van der Waals surface area contributed by atoms with E-state index in [4.69, 9.17) is 0 Å². The molecule has 1 saturated heterocycles. The minimum Gasteiger partial charge on any atom is -0.367 e. The van der Waals surface area contributed by atoms with Gasteiger partial charge in [-0.05, 0) is 50.5 Å². The van der Waals surface area contributed by atoms with Gasteiger partial charge in [-0.2, -0.15) is 0 Å². The fourth-order valence-electron chi connectivity index (χ4n) is 3.80. The predicted molar refractivity (Wildman–Crippen MR) is 121 cm³/mol. The lowest BCUT2D eigenvalue weighted by atomic mass is 10.1. The van der Waals surface area contributed by atoms with Crippen molar-refractivity contribution in [3.8, 4) is 0 Å². The van der Waals surface area contributed by atoms with E-state index in [9.17, 15) is 9.18 Å². The van der Waals surface area contributed by atoms with Crippen molar-refractivity contribution < 1.29 is 9.18 Å². The van der Waals surface area contributed by atoms with E-state index < -0.39 is 0 Å². The number of piperazine rings is 1. The van der Waals surface area contributed by atoms with Gasteiger partial charge < -0.3 is 25.3 Å². The summed E-state index contributed by atoms with van der Waals surface area (Å²) < 4.78 is 13.2. The van der Waals surface area contributed by atoms with Gasteiger partial charge in [0.05, 0.1) is 17.4 Å². The Labute approximate surface area is 178 Å². The van der Waals surface area contributed by atoms with E-state index in [0.717, 1.165) is 49.7 Å². The number of para-hydroxylation sites is 2. The van der Waals surface area contributed by atoms with Crippen molar-refractivity contribution in [3.05, 3.63) is 59.9 Å². The largest absolute Gasteiger partial charge is 0.367 e. The smallest absolute Gasteiger partial charge is 0.319 e. The van der Waals surface area contributed by atoms with Crippen LogP contribution in [-0.4, -0.2) is 69.2 Å². The standard InChI is InChI=1S/C23H32FN5O/c1-4-28-13-15-29(16-14-28)21-8-6-5-7-20(21)26-23(30)25-17-22(27(2)3)18-9-11-19(24)12-10-18/h5-12,22H,4,13-17H2,1-3H3,(H2,25,26,30). The maximum absolute atomic E-state index is 13.2. The van der Waals surface area contributed by atoms with Crippen molar-refractivity contribution in [1.82, 2.24) is 15.1 Å². The molecule has 2 aromatic rings. The molecule has 0 aromatic heterocycles. The average molecular weight is 414 g/mol. The first kappa shape index (κ1) is 22.1. The van der Waals surface area contributed by atoms with Crippen molar-refractivity contribution in [3.63, 3.8) is 0 Å². The zero-order valence-corrected chi connectivity index (χ0v) is 18.1. The van der Waals surface area contributed by atoms with Crippen LogP contribution in [-0.2, 0) is 0 Å². The number of hydrogen-bond donors (Lipinski definition) is 2. The number of nitrogens with one attached hydrogen (secondary N) is 2. The van der Waals surface area contributed by atoms with Gasteiger partial charge in [0.2, 0.25) is 0 Å². The molecule has 162 valence electrons. The first-order valence-electron chi connectivity index (χ1n) is 10.5. The molecule has 2 aromatic carbocycles. The lowest BCUT2D eigenvalue weighted by Gasteiger charge is -2.36. The number of likely N-dealkylation sites (N-methyl/N-ethyl adjacent to an activating group) is 2. The average Bonchev–Trinajstić information content (AvgIpc) is 2.75. The van der Waals surface area contributed by atoms with Crippen LogP contribution in [0.1, 0.15) is 18.5 Å². The molecule has 2 amide bonds. The number of anilines is 2. The van der Waals surface area contributed by atoms with Crippen LogP contribution in [0, 0.1) is 5.82 Å². The summed E-state index contributed by atoms with van der Waals surface area (Å²) in [6, 6.07) is 14.0. The maximum atomic E-state index is 13.2. The summed E-state index contributed by atoms with van der Waals surface area (Å²) in [7, 11) is 3.89. The molecule has 0 saturated carbocycles. The van der Waals surface area contributed by atoms with E-state index in [2.05, 4.69) is 33.4 Å². The van der Waals surface area contributed by atoms with Gasteiger partial charge in [-0.25, -0.2) is 9.18 Å². The van der Waals surface area contributed by atoms with Crippen molar-refractivity contribution in [1.29, 1.82) is 0 Å². The Morgan fingerprint density at radius 3 is 2.37 bits per heavy atom. The quantitative estimate of drug-likeness (QED) is 0.731. The molecule has 30 heavy (non-hydrogen) atoms. The van der Waals surface area contributed by atoms with Gasteiger partial charge in [-0.3, -0.25) is 0 Å². The Hall–Kier alpha value is -2.64. The molecule has 1 atom stereocenters. The number of halogens is 1. The molecule has 6 nitrogen and oxygen atoms in total. The second kappa shape index (κ2) is 10.4. The van der Waals surface area contributed by atoms with Crippen LogP contribution >= 0.6 is 0 Å². The molecule has 0 aliphatic carbocycles. The van der Waals surface area contributed by atoms with Gasteiger partial charge in [-0.15, -0.1) is 0 Å². The van der Waals surface area contributed by atoms with Crippen LogP contribution in [0.2, 0.25) is 0 Å². The highest BCUT2D eigenvalue weighted by Gasteiger charge is 2.20. The number of nitrogens with zero attached hydrogens (tertiary/aromatic N) is 3. The fourth-order valence-corrected chi connectivity index (χ4v) is 3.80. The van der Waals surface area contributed by atoms with Crippen LogP contribution in [0.15, 0.2) is 48.5 Å².